The van der Waals surface area contributed by atoms with Crippen molar-refractivity contribution < 1.29 is 4.79 Å². The highest BCUT2D eigenvalue weighted by molar-refractivity contribution is 5.92. The van der Waals surface area contributed by atoms with Crippen LogP contribution in [0, 0.1) is 12.3 Å². The molecule has 3 rings (SSSR count). The highest BCUT2D eigenvalue weighted by atomic mass is 16.1. The Kier molecular flexibility index (Phi) is 3.71. The number of fused-ring (bicyclic) bond motifs is 1. The summed E-state index contributed by atoms with van der Waals surface area (Å²) in [6.07, 6.45) is 4.09. The molecule has 1 aromatic heterocycles. The van der Waals surface area contributed by atoms with Gasteiger partial charge in [0.05, 0.1) is 11.0 Å². The number of nitrogens with zero attached hydrogens (tertiary/aromatic N) is 2. The molecule has 1 saturated carbocycles. The maximum Gasteiger partial charge on any atom is 0.227 e. The summed E-state index contributed by atoms with van der Waals surface area (Å²) in [4.78, 5) is 17.0. The number of amides is 1. The first-order valence-corrected chi connectivity index (χ1v) is 8.12. The van der Waals surface area contributed by atoms with Gasteiger partial charge < -0.3 is 4.57 Å². The van der Waals surface area contributed by atoms with Crippen LogP contribution in [0.1, 0.15) is 58.1 Å². The summed E-state index contributed by atoms with van der Waals surface area (Å²) >= 11 is 0. The third-order valence-electron chi connectivity index (χ3n) is 4.29. The Balaban J connectivity index is 1.98. The molecule has 4 nitrogen and oxygen atoms in total. The van der Waals surface area contributed by atoms with E-state index in [1.54, 1.807) is 0 Å². The summed E-state index contributed by atoms with van der Waals surface area (Å²) in [7, 11) is 0. The highest BCUT2D eigenvalue weighted by Gasteiger charge is 2.26. The molecule has 0 saturated heterocycles. The number of anilines is 1. The van der Waals surface area contributed by atoms with Crippen LogP contribution < -0.4 is 5.32 Å². The van der Waals surface area contributed by atoms with E-state index < -0.39 is 0 Å². The van der Waals surface area contributed by atoms with E-state index in [0.29, 0.717) is 18.4 Å². The number of carbonyl (C=O) groups is 1. The summed E-state index contributed by atoms with van der Waals surface area (Å²) in [6.45, 7) is 8.34. The first kappa shape index (κ1) is 15.1. The molecule has 2 aromatic rings. The fourth-order valence-electron chi connectivity index (χ4n) is 3.06. The van der Waals surface area contributed by atoms with E-state index in [1.807, 2.05) is 12.1 Å². The number of rotatable bonds is 3. The van der Waals surface area contributed by atoms with Crippen LogP contribution in [-0.4, -0.2) is 15.5 Å². The van der Waals surface area contributed by atoms with Gasteiger partial charge in [-0.1, -0.05) is 32.9 Å². The number of hydrogen-bond donors (Lipinski definition) is 1. The lowest BCUT2D eigenvalue weighted by atomic mass is 9.92. The Morgan fingerprint density at radius 1 is 1.36 bits per heavy atom. The van der Waals surface area contributed by atoms with Crippen molar-refractivity contribution in [1.29, 1.82) is 0 Å². The van der Waals surface area contributed by atoms with Crippen LogP contribution in [0.15, 0.2) is 18.2 Å². The van der Waals surface area contributed by atoms with Crippen LogP contribution in [0.5, 0.6) is 0 Å². The van der Waals surface area contributed by atoms with Crippen molar-refractivity contribution in [3.8, 4) is 0 Å². The lowest BCUT2D eigenvalue weighted by Crippen LogP contribution is -2.24. The van der Waals surface area contributed by atoms with Gasteiger partial charge in [-0.3, -0.25) is 10.1 Å². The number of para-hydroxylation sites is 1. The molecule has 1 fully saturated rings. The van der Waals surface area contributed by atoms with Gasteiger partial charge in [0.15, 0.2) is 0 Å². The number of benzene rings is 1. The van der Waals surface area contributed by atoms with E-state index in [0.717, 1.165) is 5.52 Å². The standard InChI is InChI=1S/C18H25N3O/c1-12-7-5-10-14-16(12)21(13-8-6-9-13)17(19-14)20-15(22)11-18(2,3)4/h5,7,10,13H,6,8-9,11H2,1-4H3,(H,19,20,22). The highest BCUT2D eigenvalue weighted by Crippen LogP contribution is 2.38. The van der Waals surface area contributed by atoms with Gasteiger partial charge >= 0.3 is 0 Å². The van der Waals surface area contributed by atoms with Crippen LogP contribution in [0.25, 0.3) is 11.0 Å². The number of hydrogen-bond acceptors (Lipinski definition) is 2. The summed E-state index contributed by atoms with van der Waals surface area (Å²) in [5, 5.41) is 3.05. The van der Waals surface area contributed by atoms with Gasteiger partial charge in [-0.25, -0.2) is 4.98 Å². The van der Waals surface area contributed by atoms with Crippen molar-refractivity contribution in [3.63, 3.8) is 0 Å². The first-order valence-electron chi connectivity index (χ1n) is 8.12. The molecule has 0 atom stereocenters. The first-order chi connectivity index (χ1) is 10.3. The van der Waals surface area contributed by atoms with Gasteiger partial charge in [0.1, 0.15) is 0 Å². The monoisotopic (exact) mass is 299 g/mol. The maximum atomic E-state index is 12.3. The minimum Gasteiger partial charge on any atom is -0.307 e. The Bertz CT molecular complexity index is 705. The molecule has 1 N–H and O–H groups in total. The third kappa shape index (κ3) is 2.87. The molecule has 1 aliphatic rings. The number of imidazole rings is 1. The van der Waals surface area contributed by atoms with E-state index in [1.165, 1.54) is 30.3 Å². The Morgan fingerprint density at radius 2 is 2.09 bits per heavy atom. The van der Waals surface area contributed by atoms with Gasteiger partial charge in [-0.2, -0.15) is 0 Å². The zero-order valence-electron chi connectivity index (χ0n) is 13.9. The lowest BCUT2D eigenvalue weighted by molar-refractivity contribution is -0.117. The van der Waals surface area contributed by atoms with E-state index in [4.69, 9.17) is 0 Å². The maximum absolute atomic E-state index is 12.3. The van der Waals surface area contributed by atoms with Crippen LogP contribution in [0.2, 0.25) is 0 Å². The summed E-state index contributed by atoms with van der Waals surface area (Å²) in [5.41, 5.74) is 3.33. The van der Waals surface area contributed by atoms with Crippen LogP contribution >= 0.6 is 0 Å². The van der Waals surface area contributed by atoms with E-state index >= 15 is 0 Å². The molecule has 1 aliphatic carbocycles. The molecule has 1 heterocycles. The molecule has 1 amide bonds. The normalized spacial score (nSPS) is 15.8. The number of nitrogens with one attached hydrogen (secondary N) is 1. The SMILES string of the molecule is Cc1cccc2nc(NC(=O)CC(C)(C)C)n(C3CCC3)c12. The van der Waals surface area contributed by atoms with Gasteiger partial charge in [0, 0.05) is 12.5 Å². The number of aromatic nitrogens is 2. The largest absolute Gasteiger partial charge is 0.307 e. The zero-order valence-corrected chi connectivity index (χ0v) is 13.9. The van der Waals surface area contributed by atoms with Crippen LogP contribution in [0.3, 0.4) is 0 Å². The van der Waals surface area contributed by atoms with Gasteiger partial charge in [0.2, 0.25) is 11.9 Å². The molecule has 118 valence electrons. The molecule has 0 unspecified atom stereocenters. The Morgan fingerprint density at radius 3 is 2.68 bits per heavy atom. The number of carbonyl (C=O) groups excluding carboxylic acids is 1. The molecule has 22 heavy (non-hydrogen) atoms. The van der Waals surface area contributed by atoms with Crippen molar-refractivity contribution in [3.05, 3.63) is 23.8 Å². The molecular weight excluding hydrogens is 274 g/mol. The summed E-state index contributed by atoms with van der Waals surface area (Å²) in [5.74, 6) is 0.754. The predicted octanol–water partition coefficient (Wildman–Crippen LogP) is 4.44. The zero-order chi connectivity index (χ0) is 15.9. The fraction of sp³-hybridized carbons (Fsp3) is 0.556. The summed E-state index contributed by atoms with van der Waals surface area (Å²) in [6, 6.07) is 6.63. The second kappa shape index (κ2) is 5.41. The molecule has 1 aromatic carbocycles. The van der Waals surface area contributed by atoms with E-state index in [2.05, 4.69) is 48.6 Å². The molecule has 0 spiro atoms. The van der Waals surface area contributed by atoms with Crippen molar-refractivity contribution in [1.82, 2.24) is 9.55 Å². The van der Waals surface area contributed by atoms with Crippen LogP contribution in [-0.2, 0) is 4.79 Å². The van der Waals surface area contributed by atoms with Crippen molar-refractivity contribution in [2.45, 2.75) is 59.4 Å². The third-order valence-corrected chi connectivity index (χ3v) is 4.29. The van der Waals surface area contributed by atoms with Crippen LogP contribution in [0.4, 0.5) is 5.95 Å². The lowest BCUT2D eigenvalue weighted by Gasteiger charge is -2.29. The van der Waals surface area contributed by atoms with Gasteiger partial charge in [-0.15, -0.1) is 0 Å². The predicted molar refractivity (Wildman–Crippen MR) is 90.1 cm³/mol. The average Bonchev–Trinajstić information content (AvgIpc) is 2.64. The summed E-state index contributed by atoms with van der Waals surface area (Å²) < 4.78 is 2.24. The molecule has 0 bridgehead atoms. The quantitative estimate of drug-likeness (QED) is 0.910. The van der Waals surface area contributed by atoms with E-state index in [9.17, 15) is 4.79 Å². The van der Waals surface area contributed by atoms with Gasteiger partial charge in [0.25, 0.3) is 0 Å². The number of aryl methyl sites for hydroxylation is 1. The molecule has 4 heteroatoms. The second-order valence-electron chi connectivity index (χ2n) is 7.62. The molecular formula is C18H25N3O. The molecule has 0 aliphatic heterocycles. The topological polar surface area (TPSA) is 46.9 Å². The minimum atomic E-state index is -0.0205. The molecule has 0 radical (unpaired) electrons. The van der Waals surface area contributed by atoms with E-state index in [-0.39, 0.29) is 11.3 Å². The average molecular weight is 299 g/mol. The fourth-order valence-corrected chi connectivity index (χ4v) is 3.06. The Labute approximate surface area is 131 Å². The van der Waals surface area contributed by atoms with Crippen molar-refractivity contribution in [2.24, 2.45) is 5.41 Å². The van der Waals surface area contributed by atoms with Gasteiger partial charge in [-0.05, 0) is 43.2 Å². The Hall–Kier alpha value is -1.84. The van der Waals surface area contributed by atoms with Crippen molar-refractivity contribution >= 4 is 22.9 Å². The minimum absolute atomic E-state index is 0.0205. The second-order valence-corrected chi connectivity index (χ2v) is 7.62. The smallest absolute Gasteiger partial charge is 0.227 e. The van der Waals surface area contributed by atoms with Crippen molar-refractivity contribution in [2.75, 3.05) is 5.32 Å².